The molecule has 0 unspecified atom stereocenters. The van der Waals surface area contributed by atoms with Crippen molar-refractivity contribution in [2.45, 2.75) is 12.8 Å². The molecule has 1 aromatic carbocycles. The van der Waals surface area contributed by atoms with Crippen molar-refractivity contribution in [1.29, 1.82) is 0 Å². The van der Waals surface area contributed by atoms with Gasteiger partial charge < -0.3 is 19.7 Å². The van der Waals surface area contributed by atoms with Crippen molar-refractivity contribution in [3.05, 3.63) is 30.0 Å². The van der Waals surface area contributed by atoms with Gasteiger partial charge in [0.15, 0.2) is 11.5 Å². The summed E-state index contributed by atoms with van der Waals surface area (Å²) in [6.45, 7) is 2.22. The Morgan fingerprint density at radius 1 is 1.00 bits per heavy atom. The predicted molar refractivity (Wildman–Crippen MR) is 93.8 cm³/mol. The van der Waals surface area contributed by atoms with Crippen LogP contribution in [0.15, 0.2) is 24.4 Å². The summed E-state index contributed by atoms with van der Waals surface area (Å²) in [5, 5.41) is 19.2. The highest BCUT2D eigenvalue weighted by atomic mass is 16.5. The summed E-state index contributed by atoms with van der Waals surface area (Å²) in [6, 6.07) is 5.88. The normalized spacial score (nSPS) is 11.2. The molecule has 24 heavy (non-hydrogen) atoms. The average Bonchev–Trinajstić information content (AvgIpc) is 2.61. The Balaban J connectivity index is 2.14. The first-order valence-electron chi connectivity index (χ1n) is 8.17. The van der Waals surface area contributed by atoms with E-state index >= 15 is 0 Å². The standard InChI is InChI=1S/C18H26N2O4/c1-23-17-12-15-14(4-3-7-20(8-10-21)9-11-22)5-6-19-16(15)13-18(17)24-2/h5-6,12-13,21-22H,3-4,7-11H2,1-2H3. The second-order valence-corrected chi connectivity index (χ2v) is 5.59. The van der Waals surface area contributed by atoms with Gasteiger partial charge in [-0.1, -0.05) is 0 Å². The molecule has 0 saturated carbocycles. The van der Waals surface area contributed by atoms with Gasteiger partial charge >= 0.3 is 0 Å². The van der Waals surface area contributed by atoms with Crippen LogP contribution in [0.3, 0.4) is 0 Å². The van der Waals surface area contributed by atoms with Gasteiger partial charge in [-0.15, -0.1) is 0 Å². The van der Waals surface area contributed by atoms with E-state index in [4.69, 9.17) is 19.7 Å². The van der Waals surface area contributed by atoms with Gasteiger partial charge in [0, 0.05) is 30.7 Å². The van der Waals surface area contributed by atoms with Crippen molar-refractivity contribution in [3.63, 3.8) is 0 Å². The summed E-state index contributed by atoms with van der Waals surface area (Å²) < 4.78 is 10.7. The number of pyridine rings is 1. The van der Waals surface area contributed by atoms with E-state index in [9.17, 15) is 0 Å². The first-order chi connectivity index (χ1) is 11.7. The molecule has 0 aliphatic heterocycles. The van der Waals surface area contributed by atoms with E-state index in [-0.39, 0.29) is 13.2 Å². The first kappa shape index (κ1) is 18.4. The van der Waals surface area contributed by atoms with E-state index < -0.39 is 0 Å². The number of ether oxygens (including phenoxy) is 2. The van der Waals surface area contributed by atoms with Crippen LogP contribution < -0.4 is 9.47 Å². The fourth-order valence-corrected chi connectivity index (χ4v) is 2.86. The molecule has 132 valence electrons. The van der Waals surface area contributed by atoms with Crippen LogP contribution in [0.2, 0.25) is 0 Å². The van der Waals surface area contributed by atoms with Crippen LogP contribution in [0.1, 0.15) is 12.0 Å². The number of aromatic nitrogens is 1. The number of fused-ring (bicyclic) bond motifs is 1. The maximum atomic E-state index is 9.07. The molecular weight excluding hydrogens is 308 g/mol. The van der Waals surface area contributed by atoms with Gasteiger partial charge in [-0.3, -0.25) is 9.88 Å². The zero-order valence-corrected chi connectivity index (χ0v) is 14.4. The van der Waals surface area contributed by atoms with Crippen molar-refractivity contribution < 1.29 is 19.7 Å². The van der Waals surface area contributed by atoms with Crippen molar-refractivity contribution in [2.24, 2.45) is 0 Å². The van der Waals surface area contributed by atoms with E-state index in [0.717, 1.165) is 30.3 Å². The molecule has 0 aliphatic rings. The van der Waals surface area contributed by atoms with Crippen molar-refractivity contribution in [3.8, 4) is 11.5 Å². The molecule has 0 spiro atoms. The summed E-state index contributed by atoms with van der Waals surface area (Å²) in [5.74, 6) is 1.37. The van der Waals surface area contributed by atoms with Gasteiger partial charge in [0.2, 0.25) is 0 Å². The maximum Gasteiger partial charge on any atom is 0.162 e. The fourth-order valence-electron chi connectivity index (χ4n) is 2.86. The van der Waals surface area contributed by atoms with Crippen LogP contribution in [0.5, 0.6) is 11.5 Å². The van der Waals surface area contributed by atoms with Gasteiger partial charge in [0.25, 0.3) is 0 Å². The Labute approximate surface area is 142 Å². The van der Waals surface area contributed by atoms with Crippen LogP contribution in [0, 0.1) is 0 Å². The molecule has 6 nitrogen and oxygen atoms in total. The Bertz CT molecular complexity index is 642. The second kappa shape index (κ2) is 9.42. The van der Waals surface area contributed by atoms with E-state index in [1.807, 2.05) is 24.4 Å². The number of aryl methyl sites for hydroxylation is 1. The van der Waals surface area contributed by atoms with Crippen LogP contribution in [-0.4, -0.2) is 67.2 Å². The Morgan fingerprint density at radius 3 is 2.29 bits per heavy atom. The van der Waals surface area contributed by atoms with Crippen LogP contribution >= 0.6 is 0 Å². The van der Waals surface area contributed by atoms with Gasteiger partial charge in [-0.05, 0) is 37.1 Å². The molecular formula is C18H26N2O4. The Kier molecular flexibility index (Phi) is 7.24. The largest absolute Gasteiger partial charge is 0.493 e. The third kappa shape index (κ3) is 4.56. The Morgan fingerprint density at radius 2 is 1.67 bits per heavy atom. The molecule has 0 aliphatic carbocycles. The highest BCUT2D eigenvalue weighted by Gasteiger charge is 2.10. The first-order valence-corrected chi connectivity index (χ1v) is 8.17. The molecule has 0 atom stereocenters. The van der Waals surface area contributed by atoms with E-state index in [2.05, 4.69) is 9.88 Å². The van der Waals surface area contributed by atoms with Gasteiger partial charge in [0.05, 0.1) is 33.0 Å². The minimum absolute atomic E-state index is 0.106. The predicted octanol–water partition coefficient (Wildman–Crippen LogP) is 1.47. The molecule has 0 fully saturated rings. The zero-order chi connectivity index (χ0) is 17.4. The summed E-state index contributed by atoms with van der Waals surface area (Å²) >= 11 is 0. The Hall–Kier alpha value is -1.89. The van der Waals surface area contributed by atoms with Crippen molar-refractivity contribution >= 4 is 10.9 Å². The van der Waals surface area contributed by atoms with Crippen molar-refractivity contribution in [2.75, 3.05) is 47.1 Å². The molecule has 2 rings (SSSR count). The third-order valence-corrected chi connectivity index (χ3v) is 4.09. The van der Waals surface area contributed by atoms with Gasteiger partial charge in [0.1, 0.15) is 0 Å². The number of methoxy groups -OCH3 is 2. The van der Waals surface area contributed by atoms with E-state index in [1.54, 1.807) is 14.2 Å². The number of rotatable bonds is 10. The monoisotopic (exact) mass is 334 g/mol. The van der Waals surface area contributed by atoms with Crippen LogP contribution in [-0.2, 0) is 6.42 Å². The van der Waals surface area contributed by atoms with Gasteiger partial charge in [-0.25, -0.2) is 0 Å². The third-order valence-electron chi connectivity index (χ3n) is 4.09. The number of aliphatic hydroxyl groups excluding tert-OH is 2. The minimum atomic E-state index is 0.106. The average molecular weight is 334 g/mol. The molecule has 0 radical (unpaired) electrons. The fraction of sp³-hybridized carbons (Fsp3) is 0.500. The maximum absolute atomic E-state index is 9.07. The number of aliphatic hydroxyl groups is 2. The molecule has 0 bridgehead atoms. The highest BCUT2D eigenvalue weighted by Crippen LogP contribution is 2.32. The lowest BCUT2D eigenvalue weighted by molar-refractivity contribution is 0.160. The molecule has 0 saturated heterocycles. The summed E-state index contributed by atoms with van der Waals surface area (Å²) in [4.78, 5) is 6.48. The SMILES string of the molecule is COc1cc2nccc(CCCN(CCO)CCO)c2cc1OC. The number of benzene rings is 1. The molecule has 2 aromatic rings. The summed E-state index contributed by atoms with van der Waals surface area (Å²) in [5.41, 5.74) is 2.08. The molecule has 2 N–H and O–H groups in total. The quantitative estimate of drug-likeness (QED) is 0.685. The van der Waals surface area contributed by atoms with E-state index in [0.29, 0.717) is 24.6 Å². The number of nitrogens with zero attached hydrogens (tertiary/aromatic N) is 2. The smallest absolute Gasteiger partial charge is 0.162 e. The van der Waals surface area contributed by atoms with E-state index in [1.165, 1.54) is 5.56 Å². The highest BCUT2D eigenvalue weighted by molar-refractivity contribution is 5.85. The second-order valence-electron chi connectivity index (χ2n) is 5.59. The number of hydrogen-bond donors (Lipinski definition) is 2. The lowest BCUT2D eigenvalue weighted by Crippen LogP contribution is -2.31. The summed E-state index contributed by atoms with van der Waals surface area (Å²) in [7, 11) is 3.24. The zero-order valence-electron chi connectivity index (χ0n) is 14.4. The molecule has 1 heterocycles. The molecule has 1 aromatic heterocycles. The molecule has 6 heteroatoms. The molecule has 0 amide bonds. The number of hydrogen-bond acceptors (Lipinski definition) is 6. The lowest BCUT2D eigenvalue weighted by Gasteiger charge is -2.20. The topological polar surface area (TPSA) is 75.1 Å². The van der Waals surface area contributed by atoms with Crippen LogP contribution in [0.4, 0.5) is 0 Å². The minimum Gasteiger partial charge on any atom is -0.493 e. The van der Waals surface area contributed by atoms with Crippen LogP contribution in [0.25, 0.3) is 10.9 Å². The van der Waals surface area contributed by atoms with Gasteiger partial charge in [-0.2, -0.15) is 0 Å². The summed E-state index contributed by atoms with van der Waals surface area (Å²) in [6.07, 6.45) is 3.64. The lowest BCUT2D eigenvalue weighted by atomic mass is 10.0. The van der Waals surface area contributed by atoms with Crippen molar-refractivity contribution in [1.82, 2.24) is 9.88 Å².